The fourth-order valence-corrected chi connectivity index (χ4v) is 0.471. The summed E-state index contributed by atoms with van der Waals surface area (Å²) in [6, 6.07) is 0. The summed E-state index contributed by atoms with van der Waals surface area (Å²) < 4.78 is 0. The van der Waals surface area contributed by atoms with Crippen LogP contribution in [0, 0.1) is 11.8 Å². The Balaban J connectivity index is -0.000000140. The van der Waals surface area contributed by atoms with E-state index in [1.54, 1.807) is 0 Å². The minimum atomic E-state index is 0. The Bertz CT molecular complexity index is 46.0. The predicted octanol–water partition coefficient (Wildman–Crippen LogP) is 4.74. The molecule has 0 heteroatoms. The van der Waals surface area contributed by atoms with Gasteiger partial charge in [-0.25, -0.2) is 0 Å². The molecule has 0 N–H and O–H groups in total. The van der Waals surface area contributed by atoms with Gasteiger partial charge < -0.3 is 0 Å². The summed E-state index contributed by atoms with van der Waals surface area (Å²) >= 11 is 0. The van der Waals surface area contributed by atoms with Crippen LogP contribution in [0.4, 0.5) is 0 Å². The molecule has 0 fully saturated rings. The molecular weight excluding hydrogens is 132 g/mol. The minimum absolute atomic E-state index is 0. The van der Waals surface area contributed by atoms with Crippen LogP contribution in [0.5, 0.6) is 0 Å². The second-order valence-electron chi connectivity index (χ2n) is 3.34. The zero-order chi connectivity index (χ0) is 8.57. The zero-order valence-corrected chi connectivity index (χ0v) is 8.57. The Labute approximate surface area is 74.4 Å². The molecular formula is C11H28. The average molecular weight is 160 g/mol. The molecule has 0 rings (SSSR count). The van der Waals surface area contributed by atoms with Crippen LogP contribution in [0.2, 0.25) is 0 Å². The number of hydrogen-bond acceptors (Lipinski definition) is 0. The number of hydrogen-bond donors (Lipinski definition) is 0. The van der Waals surface area contributed by atoms with Gasteiger partial charge in [0.05, 0.1) is 0 Å². The first-order valence-electron chi connectivity index (χ1n) is 4.59. The maximum Gasteiger partial charge on any atom is -0.0422 e. The molecule has 0 nitrogen and oxygen atoms in total. The Morgan fingerprint density at radius 3 is 1.18 bits per heavy atom. The summed E-state index contributed by atoms with van der Waals surface area (Å²) in [7, 11) is 0. The van der Waals surface area contributed by atoms with E-state index in [4.69, 9.17) is 0 Å². The van der Waals surface area contributed by atoms with Gasteiger partial charge in [0.2, 0.25) is 0 Å². The van der Waals surface area contributed by atoms with E-state index < -0.39 is 0 Å². The molecule has 0 aromatic rings. The molecule has 0 aliphatic rings. The molecule has 0 bridgehead atoms. The standard InChI is InChI=1S/C7H16.C3H8.CH4/c1-5-7(4)6(2)3;1-3-2;/h6-7H,5H2,1-4H3;3H2,1-2H3;1H4. The largest absolute Gasteiger partial charge is 0.0776 e. The van der Waals surface area contributed by atoms with E-state index in [1.165, 1.54) is 12.8 Å². The molecule has 0 aromatic carbocycles. The van der Waals surface area contributed by atoms with Crippen LogP contribution in [0.1, 0.15) is 61.8 Å². The van der Waals surface area contributed by atoms with Gasteiger partial charge in [0.15, 0.2) is 0 Å². The second-order valence-corrected chi connectivity index (χ2v) is 3.34. The highest BCUT2D eigenvalue weighted by Gasteiger charge is 2.01. The first kappa shape index (κ1) is 17.2. The van der Waals surface area contributed by atoms with Gasteiger partial charge in [0, 0.05) is 0 Å². The normalized spacial score (nSPS) is 11.2. The first-order valence-corrected chi connectivity index (χ1v) is 4.59. The quantitative estimate of drug-likeness (QED) is 0.547. The summed E-state index contributed by atoms with van der Waals surface area (Å²) in [6.07, 6.45) is 2.57. The first-order chi connectivity index (χ1) is 4.59. The van der Waals surface area contributed by atoms with Crippen LogP contribution in [0.25, 0.3) is 0 Å². The zero-order valence-electron chi connectivity index (χ0n) is 8.57. The molecule has 0 aromatic heterocycles. The van der Waals surface area contributed by atoms with E-state index in [0.29, 0.717) is 0 Å². The lowest BCUT2D eigenvalue weighted by atomic mass is 9.96. The molecule has 0 saturated carbocycles. The van der Waals surface area contributed by atoms with Crippen molar-refractivity contribution in [1.29, 1.82) is 0 Å². The van der Waals surface area contributed by atoms with Crippen molar-refractivity contribution in [2.75, 3.05) is 0 Å². The Morgan fingerprint density at radius 1 is 0.909 bits per heavy atom. The van der Waals surface area contributed by atoms with Crippen LogP contribution >= 0.6 is 0 Å². The van der Waals surface area contributed by atoms with Gasteiger partial charge in [-0.15, -0.1) is 0 Å². The van der Waals surface area contributed by atoms with Gasteiger partial charge in [0.1, 0.15) is 0 Å². The maximum absolute atomic E-state index is 2.30. The van der Waals surface area contributed by atoms with Crippen molar-refractivity contribution in [1.82, 2.24) is 0 Å². The van der Waals surface area contributed by atoms with Gasteiger partial charge in [-0.3, -0.25) is 0 Å². The molecule has 0 saturated heterocycles. The van der Waals surface area contributed by atoms with Crippen molar-refractivity contribution in [3.05, 3.63) is 0 Å². The molecule has 0 heterocycles. The summed E-state index contributed by atoms with van der Waals surface area (Å²) in [5, 5.41) is 0. The van der Waals surface area contributed by atoms with E-state index in [-0.39, 0.29) is 7.43 Å². The molecule has 0 radical (unpaired) electrons. The van der Waals surface area contributed by atoms with E-state index in [0.717, 1.165) is 11.8 Å². The molecule has 0 aliphatic heterocycles. The maximum atomic E-state index is 2.30. The molecule has 1 unspecified atom stereocenters. The van der Waals surface area contributed by atoms with Crippen molar-refractivity contribution in [2.24, 2.45) is 11.8 Å². The molecule has 72 valence electrons. The fraction of sp³-hybridized carbons (Fsp3) is 1.00. The summed E-state index contributed by atoms with van der Waals surface area (Å²) in [5.41, 5.74) is 0. The van der Waals surface area contributed by atoms with Crippen LogP contribution in [0.15, 0.2) is 0 Å². The van der Waals surface area contributed by atoms with Crippen LogP contribution < -0.4 is 0 Å². The average Bonchev–Trinajstić information content (AvgIpc) is 1.88. The van der Waals surface area contributed by atoms with Crippen molar-refractivity contribution in [3.63, 3.8) is 0 Å². The predicted molar refractivity (Wildman–Crippen MR) is 57.0 cm³/mol. The summed E-state index contributed by atoms with van der Waals surface area (Å²) in [5.74, 6) is 1.77. The van der Waals surface area contributed by atoms with Crippen LogP contribution in [0.3, 0.4) is 0 Å². The van der Waals surface area contributed by atoms with Crippen molar-refractivity contribution < 1.29 is 0 Å². The lowest BCUT2D eigenvalue weighted by Gasteiger charge is -2.10. The van der Waals surface area contributed by atoms with Gasteiger partial charge in [0.25, 0.3) is 0 Å². The molecule has 1 atom stereocenters. The third kappa shape index (κ3) is 17.8. The van der Waals surface area contributed by atoms with E-state index in [1.807, 2.05) is 0 Å². The number of rotatable bonds is 2. The molecule has 11 heavy (non-hydrogen) atoms. The van der Waals surface area contributed by atoms with E-state index in [9.17, 15) is 0 Å². The Kier molecular flexibility index (Phi) is 19.8. The van der Waals surface area contributed by atoms with E-state index >= 15 is 0 Å². The summed E-state index contributed by atoms with van der Waals surface area (Å²) in [4.78, 5) is 0. The Morgan fingerprint density at radius 2 is 1.18 bits per heavy atom. The van der Waals surface area contributed by atoms with Gasteiger partial charge in [-0.1, -0.05) is 61.8 Å². The summed E-state index contributed by atoms with van der Waals surface area (Å²) in [6.45, 7) is 13.3. The third-order valence-electron chi connectivity index (χ3n) is 1.78. The second kappa shape index (κ2) is 12.7. The molecule has 0 amide bonds. The molecule has 0 spiro atoms. The highest BCUT2D eigenvalue weighted by Crippen LogP contribution is 2.11. The van der Waals surface area contributed by atoms with Gasteiger partial charge in [-0.2, -0.15) is 0 Å². The fourth-order valence-electron chi connectivity index (χ4n) is 0.471. The Hall–Kier alpha value is 0. The van der Waals surface area contributed by atoms with Crippen LogP contribution in [-0.2, 0) is 0 Å². The molecule has 0 aliphatic carbocycles. The monoisotopic (exact) mass is 160 g/mol. The van der Waals surface area contributed by atoms with Crippen molar-refractivity contribution in [2.45, 2.75) is 61.8 Å². The SMILES string of the molecule is C.CCC.CCC(C)C(C)C. The highest BCUT2D eigenvalue weighted by molar-refractivity contribution is 4.52. The topological polar surface area (TPSA) is 0 Å². The minimum Gasteiger partial charge on any atom is -0.0776 e. The lowest BCUT2D eigenvalue weighted by molar-refractivity contribution is 0.407. The van der Waals surface area contributed by atoms with Crippen molar-refractivity contribution in [3.8, 4) is 0 Å². The third-order valence-corrected chi connectivity index (χ3v) is 1.78. The van der Waals surface area contributed by atoms with Crippen molar-refractivity contribution >= 4 is 0 Å². The van der Waals surface area contributed by atoms with Crippen LogP contribution in [-0.4, -0.2) is 0 Å². The van der Waals surface area contributed by atoms with Gasteiger partial charge >= 0.3 is 0 Å². The highest BCUT2D eigenvalue weighted by atomic mass is 14.1. The lowest BCUT2D eigenvalue weighted by Crippen LogP contribution is -2.00. The van der Waals surface area contributed by atoms with Gasteiger partial charge in [-0.05, 0) is 11.8 Å². The van der Waals surface area contributed by atoms with E-state index in [2.05, 4.69) is 41.5 Å². The smallest absolute Gasteiger partial charge is 0.0422 e.